The molecule has 1 unspecified atom stereocenters. The largest absolute Gasteiger partial charge is 0.496 e. The molecule has 2 amide bonds. The fourth-order valence-corrected chi connectivity index (χ4v) is 2.80. The van der Waals surface area contributed by atoms with Gasteiger partial charge in [0, 0.05) is 19.6 Å². The number of carbonyl (C=O) groups is 3. The van der Waals surface area contributed by atoms with Crippen LogP contribution in [-0.2, 0) is 20.8 Å². The van der Waals surface area contributed by atoms with Crippen molar-refractivity contribution in [1.82, 2.24) is 10.2 Å². The van der Waals surface area contributed by atoms with E-state index in [4.69, 9.17) is 10.00 Å². The molecule has 0 aromatic heterocycles. The summed E-state index contributed by atoms with van der Waals surface area (Å²) in [6.07, 6.45) is 1.31. The summed E-state index contributed by atoms with van der Waals surface area (Å²) in [6.45, 7) is 2.75. The summed E-state index contributed by atoms with van der Waals surface area (Å²) in [4.78, 5) is 37.0. The van der Waals surface area contributed by atoms with Crippen molar-refractivity contribution in [2.24, 2.45) is 5.92 Å². The minimum absolute atomic E-state index is 0.156. The van der Waals surface area contributed by atoms with Crippen molar-refractivity contribution in [3.63, 3.8) is 0 Å². The fourth-order valence-electron chi connectivity index (χ4n) is 2.80. The maximum absolute atomic E-state index is 12.1. The van der Waals surface area contributed by atoms with Gasteiger partial charge in [0.2, 0.25) is 11.7 Å². The van der Waals surface area contributed by atoms with Gasteiger partial charge in [-0.25, -0.2) is 0 Å². The van der Waals surface area contributed by atoms with E-state index in [0.29, 0.717) is 37.2 Å². The highest BCUT2D eigenvalue weighted by Crippen LogP contribution is 2.21. The molecule has 132 valence electrons. The summed E-state index contributed by atoms with van der Waals surface area (Å²) in [5.41, 5.74) is 1.47. The number of methoxy groups -OCH3 is 1. The number of aryl methyl sites for hydroxylation is 1. The number of rotatable bonds is 7. The second-order valence-corrected chi connectivity index (χ2v) is 5.79. The maximum Gasteiger partial charge on any atom is 0.290 e. The summed E-state index contributed by atoms with van der Waals surface area (Å²) in [5.74, 6) is -1.88. The van der Waals surface area contributed by atoms with Gasteiger partial charge in [-0.3, -0.25) is 14.4 Å². The molecule has 0 saturated carbocycles. The minimum Gasteiger partial charge on any atom is -0.496 e. The van der Waals surface area contributed by atoms with Crippen LogP contribution in [0.5, 0.6) is 5.75 Å². The molecule has 1 atom stereocenters. The van der Waals surface area contributed by atoms with Crippen LogP contribution in [0.1, 0.15) is 24.5 Å². The van der Waals surface area contributed by atoms with E-state index in [9.17, 15) is 14.4 Å². The first-order chi connectivity index (χ1) is 12.0. The Morgan fingerprint density at radius 2 is 2.20 bits per heavy atom. The zero-order valence-electron chi connectivity index (χ0n) is 14.4. The molecule has 1 aromatic rings. The smallest absolute Gasteiger partial charge is 0.290 e. The van der Waals surface area contributed by atoms with E-state index < -0.39 is 23.5 Å². The van der Waals surface area contributed by atoms with E-state index in [1.807, 2.05) is 6.07 Å². The van der Waals surface area contributed by atoms with Gasteiger partial charge in [-0.05, 0) is 37.5 Å². The number of likely N-dealkylation sites (tertiary alicyclic amines) is 1. The highest BCUT2D eigenvalue weighted by Gasteiger charge is 2.42. The van der Waals surface area contributed by atoms with E-state index in [0.717, 1.165) is 5.56 Å². The topological polar surface area (TPSA) is 99.5 Å². The number of likely N-dealkylation sites (N-methyl/N-ethyl adjacent to an activating group) is 1. The van der Waals surface area contributed by atoms with Crippen LogP contribution >= 0.6 is 0 Å². The van der Waals surface area contributed by atoms with Crippen molar-refractivity contribution < 1.29 is 19.1 Å². The summed E-state index contributed by atoms with van der Waals surface area (Å²) < 4.78 is 5.27. The Bertz CT molecular complexity index is 724. The van der Waals surface area contributed by atoms with Crippen molar-refractivity contribution in [2.45, 2.75) is 19.8 Å². The number of nitriles is 1. The molecule has 1 aliphatic heterocycles. The van der Waals surface area contributed by atoms with E-state index in [1.54, 1.807) is 26.2 Å². The van der Waals surface area contributed by atoms with Gasteiger partial charge in [0.25, 0.3) is 5.91 Å². The van der Waals surface area contributed by atoms with Gasteiger partial charge >= 0.3 is 0 Å². The van der Waals surface area contributed by atoms with E-state index in [1.165, 1.54) is 4.90 Å². The third-order valence-electron chi connectivity index (χ3n) is 4.25. The summed E-state index contributed by atoms with van der Waals surface area (Å²) in [6, 6.07) is 7.29. The Morgan fingerprint density at radius 1 is 1.44 bits per heavy atom. The predicted octanol–water partition coefficient (Wildman–Crippen LogP) is 0.663. The normalized spacial score (nSPS) is 16.7. The van der Waals surface area contributed by atoms with Crippen molar-refractivity contribution in [3.05, 3.63) is 29.3 Å². The van der Waals surface area contributed by atoms with Gasteiger partial charge in [-0.15, -0.1) is 0 Å². The third-order valence-corrected chi connectivity index (χ3v) is 4.25. The quantitative estimate of drug-likeness (QED) is 0.445. The van der Waals surface area contributed by atoms with Crippen molar-refractivity contribution in [1.29, 1.82) is 5.26 Å². The fraction of sp³-hybridized carbons (Fsp3) is 0.444. The number of Topliss-reactive ketones (excluding diaryl/α,β-unsaturated/α-hetero) is 1. The second kappa shape index (κ2) is 8.29. The van der Waals surface area contributed by atoms with Crippen LogP contribution in [0.3, 0.4) is 0 Å². The lowest BCUT2D eigenvalue weighted by Gasteiger charge is -2.12. The summed E-state index contributed by atoms with van der Waals surface area (Å²) >= 11 is 0. The van der Waals surface area contributed by atoms with Crippen LogP contribution in [0.4, 0.5) is 0 Å². The van der Waals surface area contributed by atoms with Crippen LogP contribution in [0.15, 0.2) is 18.2 Å². The molecule has 2 rings (SSSR count). The number of amides is 2. The Labute approximate surface area is 146 Å². The first kappa shape index (κ1) is 18.5. The Hall–Kier alpha value is -2.88. The highest BCUT2D eigenvalue weighted by molar-refractivity contribution is 6.42. The van der Waals surface area contributed by atoms with Crippen molar-refractivity contribution >= 4 is 17.6 Å². The van der Waals surface area contributed by atoms with E-state index >= 15 is 0 Å². The molecular formula is C18H21N3O4. The minimum atomic E-state index is -0.906. The van der Waals surface area contributed by atoms with Crippen LogP contribution in [0.2, 0.25) is 0 Å². The molecule has 0 spiro atoms. The Kier molecular flexibility index (Phi) is 6.12. The molecule has 1 aliphatic rings. The molecule has 1 N–H and O–H groups in total. The molecule has 7 nitrogen and oxygen atoms in total. The summed E-state index contributed by atoms with van der Waals surface area (Å²) in [7, 11) is 1.55. The lowest BCUT2D eigenvalue weighted by atomic mass is 10.1. The number of benzene rings is 1. The molecule has 0 aliphatic carbocycles. The van der Waals surface area contributed by atoms with Crippen LogP contribution in [-0.4, -0.2) is 49.2 Å². The third kappa shape index (κ3) is 4.15. The van der Waals surface area contributed by atoms with Crippen LogP contribution in [0, 0.1) is 17.2 Å². The van der Waals surface area contributed by atoms with E-state index in [2.05, 4.69) is 11.4 Å². The maximum atomic E-state index is 12.1. The average Bonchev–Trinajstić information content (AvgIpc) is 2.93. The van der Waals surface area contributed by atoms with Crippen LogP contribution < -0.4 is 10.1 Å². The molecule has 0 radical (unpaired) electrons. The zero-order chi connectivity index (χ0) is 18.4. The lowest BCUT2D eigenvalue weighted by molar-refractivity contribution is -0.142. The van der Waals surface area contributed by atoms with Gasteiger partial charge in [0.1, 0.15) is 11.7 Å². The van der Waals surface area contributed by atoms with Crippen molar-refractivity contribution in [3.8, 4) is 11.8 Å². The molecule has 0 bridgehead atoms. The number of ether oxygens (including phenoxy) is 1. The molecular weight excluding hydrogens is 322 g/mol. The monoisotopic (exact) mass is 343 g/mol. The molecule has 7 heteroatoms. The number of nitrogens with one attached hydrogen (secondary N) is 1. The number of nitrogens with zero attached hydrogens (tertiary/aromatic N) is 2. The molecule has 25 heavy (non-hydrogen) atoms. The van der Waals surface area contributed by atoms with Gasteiger partial charge in [0.05, 0.1) is 18.7 Å². The average molecular weight is 343 g/mol. The van der Waals surface area contributed by atoms with Gasteiger partial charge in [-0.1, -0.05) is 6.07 Å². The first-order valence-electron chi connectivity index (χ1n) is 8.19. The van der Waals surface area contributed by atoms with Crippen molar-refractivity contribution in [2.75, 3.05) is 26.7 Å². The molecule has 1 fully saturated rings. The van der Waals surface area contributed by atoms with Gasteiger partial charge < -0.3 is 15.0 Å². The Morgan fingerprint density at radius 3 is 2.80 bits per heavy atom. The lowest BCUT2D eigenvalue weighted by Crippen LogP contribution is -2.36. The number of hydrogen-bond donors (Lipinski definition) is 1. The SMILES string of the molecule is CCN1CC(C(=O)NCCCc2ccc(C#N)cc2OC)C(=O)C1=O. The van der Waals surface area contributed by atoms with E-state index in [-0.39, 0.29) is 6.54 Å². The van der Waals surface area contributed by atoms with Gasteiger partial charge in [0.15, 0.2) is 0 Å². The standard InChI is InChI=1S/C18H21N3O4/c1-3-21-11-14(16(22)18(21)24)17(23)20-8-4-5-13-7-6-12(10-19)9-15(13)25-2/h6-7,9,14H,3-5,8,11H2,1-2H3,(H,20,23). The predicted molar refractivity (Wildman–Crippen MR) is 89.8 cm³/mol. The zero-order valence-corrected chi connectivity index (χ0v) is 14.4. The van der Waals surface area contributed by atoms with Gasteiger partial charge in [-0.2, -0.15) is 5.26 Å². The Balaban J connectivity index is 1.84. The van der Waals surface area contributed by atoms with Crippen LogP contribution in [0.25, 0.3) is 0 Å². The summed E-state index contributed by atoms with van der Waals surface area (Å²) in [5, 5.41) is 11.6. The molecule has 1 saturated heterocycles. The highest BCUT2D eigenvalue weighted by atomic mass is 16.5. The number of carbonyl (C=O) groups excluding carboxylic acids is 3. The number of hydrogen-bond acceptors (Lipinski definition) is 5. The first-order valence-corrected chi connectivity index (χ1v) is 8.19. The number of ketones is 1. The molecule has 1 aromatic carbocycles. The molecule has 1 heterocycles. The second-order valence-electron chi connectivity index (χ2n) is 5.79.